The minimum absolute atomic E-state index is 0.0237. The summed E-state index contributed by atoms with van der Waals surface area (Å²) < 4.78 is 0. The van der Waals surface area contributed by atoms with Crippen LogP contribution in [0.15, 0.2) is 18.3 Å². The topological polar surface area (TPSA) is 68.0 Å². The maximum atomic E-state index is 11.4. The van der Waals surface area contributed by atoms with Crippen molar-refractivity contribution >= 4 is 29.2 Å². The number of rotatable bonds is 5. The summed E-state index contributed by atoms with van der Waals surface area (Å²) in [5.74, 6) is 1.49. The second kappa shape index (κ2) is 6.29. The molecule has 0 unspecified atom stereocenters. The lowest BCUT2D eigenvalue weighted by Gasteiger charge is -2.04. The van der Waals surface area contributed by atoms with Crippen molar-refractivity contribution in [2.75, 3.05) is 23.1 Å². The number of hydrogen-bond acceptors (Lipinski definition) is 4. The van der Waals surface area contributed by atoms with Crippen LogP contribution >= 0.6 is 11.8 Å². The highest BCUT2D eigenvalue weighted by Crippen LogP contribution is 2.08. The number of carbonyl (C=O) groups is 1. The van der Waals surface area contributed by atoms with Crippen LogP contribution in [-0.4, -0.2) is 22.9 Å². The molecule has 1 rings (SSSR count). The van der Waals surface area contributed by atoms with Crippen LogP contribution in [-0.2, 0) is 4.79 Å². The molecule has 0 bridgehead atoms. The highest BCUT2D eigenvalue weighted by molar-refractivity contribution is 7.98. The molecule has 0 aromatic carbocycles. The molecule has 1 aromatic heterocycles. The fraction of sp³-hybridized carbons (Fsp3) is 0.400. The third-order valence-electron chi connectivity index (χ3n) is 1.82. The van der Waals surface area contributed by atoms with Crippen molar-refractivity contribution < 1.29 is 4.79 Å². The van der Waals surface area contributed by atoms with E-state index in [1.54, 1.807) is 30.1 Å². The molecular formula is C10H15N3OS. The van der Waals surface area contributed by atoms with E-state index in [0.717, 1.165) is 12.2 Å². The summed E-state index contributed by atoms with van der Waals surface area (Å²) in [5.41, 5.74) is 6.12. The van der Waals surface area contributed by atoms with Crippen molar-refractivity contribution in [1.82, 2.24) is 4.98 Å². The molecular weight excluding hydrogens is 210 g/mol. The average molecular weight is 225 g/mol. The van der Waals surface area contributed by atoms with Gasteiger partial charge in [-0.25, -0.2) is 4.98 Å². The van der Waals surface area contributed by atoms with E-state index in [0.29, 0.717) is 17.9 Å². The SMILES string of the molecule is CSCCCC(=O)Nc1ccc(N)nc1. The zero-order valence-corrected chi connectivity index (χ0v) is 9.51. The van der Waals surface area contributed by atoms with Gasteiger partial charge in [-0.3, -0.25) is 4.79 Å². The third-order valence-corrected chi connectivity index (χ3v) is 2.52. The van der Waals surface area contributed by atoms with Crippen LogP contribution in [0.1, 0.15) is 12.8 Å². The molecule has 0 saturated carbocycles. The molecule has 0 aliphatic rings. The van der Waals surface area contributed by atoms with Crippen molar-refractivity contribution in [3.63, 3.8) is 0 Å². The minimum Gasteiger partial charge on any atom is -0.384 e. The summed E-state index contributed by atoms with van der Waals surface area (Å²) >= 11 is 1.74. The molecule has 1 aromatic rings. The molecule has 3 N–H and O–H groups in total. The van der Waals surface area contributed by atoms with Gasteiger partial charge in [0.05, 0.1) is 11.9 Å². The summed E-state index contributed by atoms with van der Waals surface area (Å²) in [4.78, 5) is 15.3. The Bertz CT molecular complexity index is 313. The Hall–Kier alpha value is -1.23. The number of nitrogen functional groups attached to an aromatic ring is 1. The van der Waals surface area contributed by atoms with Gasteiger partial charge in [-0.05, 0) is 30.6 Å². The number of nitrogens with two attached hydrogens (primary N) is 1. The number of amides is 1. The van der Waals surface area contributed by atoms with Crippen LogP contribution in [0, 0.1) is 0 Å². The number of thioether (sulfide) groups is 1. The molecule has 5 heteroatoms. The lowest BCUT2D eigenvalue weighted by Crippen LogP contribution is -2.11. The van der Waals surface area contributed by atoms with Gasteiger partial charge in [0.1, 0.15) is 5.82 Å². The molecule has 82 valence electrons. The first kappa shape index (κ1) is 11.8. The number of nitrogens with one attached hydrogen (secondary N) is 1. The lowest BCUT2D eigenvalue weighted by atomic mass is 10.3. The number of hydrogen-bond donors (Lipinski definition) is 2. The Morgan fingerprint density at radius 1 is 1.60 bits per heavy atom. The number of aromatic nitrogens is 1. The monoisotopic (exact) mass is 225 g/mol. The van der Waals surface area contributed by atoms with E-state index in [-0.39, 0.29) is 5.91 Å². The number of pyridine rings is 1. The summed E-state index contributed by atoms with van der Waals surface area (Å²) in [6, 6.07) is 3.41. The second-order valence-corrected chi connectivity index (χ2v) is 4.10. The van der Waals surface area contributed by atoms with Crippen LogP contribution in [0.3, 0.4) is 0 Å². The Morgan fingerprint density at radius 3 is 3.00 bits per heavy atom. The highest BCUT2D eigenvalue weighted by atomic mass is 32.2. The van der Waals surface area contributed by atoms with Crippen molar-refractivity contribution in [3.8, 4) is 0 Å². The fourth-order valence-electron chi connectivity index (χ4n) is 1.08. The van der Waals surface area contributed by atoms with Crippen LogP contribution in [0.4, 0.5) is 11.5 Å². The van der Waals surface area contributed by atoms with Gasteiger partial charge in [-0.2, -0.15) is 11.8 Å². The normalized spacial score (nSPS) is 9.93. The first-order valence-electron chi connectivity index (χ1n) is 4.72. The minimum atomic E-state index is 0.0237. The first-order valence-corrected chi connectivity index (χ1v) is 6.12. The molecule has 0 atom stereocenters. The molecule has 0 aliphatic heterocycles. The highest BCUT2D eigenvalue weighted by Gasteiger charge is 2.01. The largest absolute Gasteiger partial charge is 0.384 e. The van der Waals surface area contributed by atoms with Gasteiger partial charge in [-0.1, -0.05) is 0 Å². The van der Waals surface area contributed by atoms with Crippen LogP contribution in [0.5, 0.6) is 0 Å². The molecule has 0 saturated heterocycles. The zero-order chi connectivity index (χ0) is 11.1. The Balaban J connectivity index is 2.34. The number of carbonyl (C=O) groups excluding carboxylic acids is 1. The zero-order valence-electron chi connectivity index (χ0n) is 8.69. The summed E-state index contributed by atoms with van der Waals surface area (Å²) in [6.45, 7) is 0. The Kier molecular flexibility index (Phi) is 4.97. The molecule has 0 radical (unpaired) electrons. The summed E-state index contributed by atoms with van der Waals surface area (Å²) in [5, 5.41) is 2.76. The first-order chi connectivity index (χ1) is 7.22. The van der Waals surface area contributed by atoms with Crippen LogP contribution in [0.25, 0.3) is 0 Å². The van der Waals surface area contributed by atoms with Gasteiger partial charge in [0.15, 0.2) is 0 Å². The van der Waals surface area contributed by atoms with Gasteiger partial charge >= 0.3 is 0 Å². The Morgan fingerprint density at radius 2 is 2.40 bits per heavy atom. The molecule has 0 spiro atoms. The van der Waals surface area contributed by atoms with E-state index in [1.807, 2.05) is 6.26 Å². The maximum Gasteiger partial charge on any atom is 0.224 e. The van der Waals surface area contributed by atoms with Gasteiger partial charge in [0.2, 0.25) is 5.91 Å². The number of anilines is 2. The van der Waals surface area contributed by atoms with E-state index in [1.165, 1.54) is 0 Å². The van der Waals surface area contributed by atoms with Crippen molar-refractivity contribution in [2.45, 2.75) is 12.8 Å². The molecule has 1 heterocycles. The van der Waals surface area contributed by atoms with E-state index in [2.05, 4.69) is 10.3 Å². The fourth-order valence-corrected chi connectivity index (χ4v) is 1.51. The molecule has 0 fully saturated rings. The van der Waals surface area contributed by atoms with E-state index < -0.39 is 0 Å². The molecule has 1 amide bonds. The average Bonchev–Trinajstić information content (AvgIpc) is 2.22. The molecule has 15 heavy (non-hydrogen) atoms. The summed E-state index contributed by atoms with van der Waals surface area (Å²) in [7, 11) is 0. The van der Waals surface area contributed by atoms with Crippen molar-refractivity contribution in [1.29, 1.82) is 0 Å². The molecule has 4 nitrogen and oxygen atoms in total. The van der Waals surface area contributed by atoms with Gasteiger partial charge < -0.3 is 11.1 Å². The van der Waals surface area contributed by atoms with Crippen molar-refractivity contribution in [2.24, 2.45) is 0 Å². The number of nitrogens with zero attached hydrogens (tertiary/aromatic N) is 1. The predicted octanol–water partition coefficient (Wildman–Crippen LogP) is 1.75. The van der Waals surface area contributed by atoms with Crippen molar-refractivity contribution in [3.05, 3.63) is 18.3 Å². The smallest absolute Gasteiger partial charge is 0.224 e. The van der Waals surface area contributed by atoms with E-state index in [4.69, 9.17) is 5.73 Å². The van der Waals surface area contributed by atoms with E-state index >= 15 is 0 Å². The van der Waals surface area contributed by atoms with Gasteiger partial charge in [-0.15, -0.1) is 0 Å². The third kappa shape index (κ3) is 4.69. The van der Waals surface area contributed by atoms with Crippen LogP contribution < -0.4 is 11.1 Å². The summed E-state index contributed by atoms with van der Waals surface area (Å²) in [6.07, 6.45) is 5.03. The molecule has 0 aliphatic carbocycles. The Labute approximate surface area is 93.7 Å². The van der Waals surface area contributed by atoms with Gasteiger partial charge in [0, 0.05) is 6.42 Å². The predicted molar refractivity (Wildman–Crippen MR) is 64.9 cm³/mol. The van der Waals surface area contributed by atoms with E-state index in [9.17, 15) is 4.79 Å². The second-order valence-electron chi connectivity index (χ2n) is 3.12. The maximum absolute atomic E-state index is 11.4. The van der Waals surface area contributed by atoms with Crippen LogP contribution in [0.2, 0.25) is 0 Å². The quantitative estimate of drug-likeness (QED) is 0.749. The lowest BCUT2D eigenvalue weighted by molar-refractivity contribution is -0.116. The van der Waals surface area contributed by atoms with Gasteiger partial charge in [0.25, 0.3) is 0 Å². The standard InChI is InChI=1S/C10H15N3OS/c1-15-6-2-3-10(14)13-8-4-5-9(11)12-7-8/h4-5,7H,2-3,6H2,1H3,(H2,11,12)(H,13,14).